The van der Waals surface area contributed by atoms with E-state index >= 15 is 0 Å². The highest BCUT2D eigenvalue weighted by Gasteiger charge is 2.11. The number of aromatic nitrogens is 1. The van der Waals surface area contributed by atoms with E-state index in [1.165, 1.54) is 11.1 Å². The number of nitrogen functional groups attached to an aromatic ring is 1. The maximum atomic E-state index is 10.2. The Labute approximate surface area is 107 Å². The van der Waals surface area contributed by atoms with E-state index in [4.69, 9.17) is 5.73 Å². The first-order valence-electron chi connectivity index (χ1n) is 6.02. The van der Waals surface area contributed by atoms with Crippen LogP contribution in [0.1, 0.15) is 28.4 Å². The molecule has 0 saturated heterocycles. The van der Waals surface area contributed by atoms with Crippen molar-refractivity contribution in [2.45, 2.75) is 26.4 Å². The van der Waals surface area contributed by atoms with Crippen LogP contribution in [-0.4, -0.2) is 10.1 Å². The average molecular weight is 242 g/mol. The number of aliphatic hydroxyl groups is 1. The van der Waals surface area contributed by atoms with Crippen LogP contribution in [0.3, 0.4) is 0 Å². The van der Waals surface area contributed by atoms with Gasteiger partial charge in [0.1, 0.15) is 5.82 Å². The van der Waals surface area contributed by atoms with E-state index in [0.717, 1.165) is 11.1 Å². The van der Waals surface area contributed by atoms with E-state index in [0.29, 0.717) is 12.2 Å². The number of benzene rings is 1. The summed E-state index contributed by atoms with van der Waals surface area (Å²) < 4.78 is 0. The molecule has 0 spiro atoms. The Morgan fingerprint density at radius 2 is 2.00 bits per heavy atom. The Morgan fingerprint density at radius 1 is 1.22 bits per heavy atom. The van der Waals surface area contributed by atoms with Crippen molar-refractivity contribution in [2.75, 3.05) is 5.73 Å². The molecule has 2 rings (SSSR count). The molecule has 2 aromatic rings. The second kappa shape index (κ2) is 5.19. The summed E-state index contributed by atoms with van der Waals surface area (Å²) >= 11 is 0. The van der Waals surface area contributed by atoms with Gasteiger partial charge in [-0.25, -0.2) is 4.98 Å². The molecular weight excluding hydrogens is 224 g/mol. The molecule has 0 amide bonds. The summed E-state index contributed by atoms with van der Waals surface area (Å²) in [6, 6.07) is 9.73. The van der Waals surface area contributed by atoms with Crippen LogP contribution in [0.25, 0.3) is 0 Å². The number of hydrogen-bond donors (Lipinski definition) is 2. The zero-order valence-corrected chi connectivity index (χ0v) is 10.7. The molecule has 1 atom stereocenters. The Balaban J connectivity index is 2.19. The van der Waals surface area contributed by atoms with Crippen LogP contribution < -0.4 is 5.73 Å². The first-order chi connectivity index (χ1) is 8.58. The molecule has 0 bridgehead atoms. The highest BCUT2D eigenvalue weighted by atomic mass is 16.3. The lowest BCUT2D eigenvalue weighted by Crippen LogP contribution is -2.05. The zero-order valence-electron chi connectivity index (χ0n) is 10.7. The molecule has 18 heavy (non-hydrogen) atoms. The monoisotopic (exact) mass is 242 g/mol. The van der Waals surface area contributed by atoms with Crippen molar-refractivity contribution in [3.8, 4) is 0 Å². The summed E-state index contributed by atoms with van der Waals surface area (Å²) in [5.41, 5.74) is 9.99. The number of aliphatic hydroxyl groups excluding tert-OH is 1. The summed E-state index contributed by atoms with van der Waals surface area (Å²) in [7, 11) is 0. The van der Waals surface area contributed by atoms with Gasteiger partial charge in [-0.15, -0.1) is 0 Å². The number of aryl methyl sites for hydroxylation is 2. The summed E-state index contributed by atoms with van der Waals surface area (Å²) in [5, 5.41) is 10.2. The Kier molecular flexibility index (Phi) is 3.63. The molecule has 1 aromatic carbocycles. The molecule has 3 N–H and O–H groups in total. The molecule has 0 radical (unpaired) electrons. The Morgan fingerprint density at radius 3 is 2.67 bits per heavy atom. The fourth-order valence-corrected chi connectivity index (χ4v) is 1.92. The van der Waals surface area contributed by atoms with Crippen molar-refractivity contribution >= 4 is 5.82 Å². The lowest BCUT2D eigenvalue weighted by Gasteiger charge is -2.13. The van der Waals surface area contributed by atoms with Crippen LogP contribution in [0.5, 0.6) is 0 Å². The largest absolute Gasteiger partial charge is 0.388 e. The predicted molar refractivity (Wildman–Crippen MR) is 73.2 cm³/mol. The van der Waals surface area contributed by atoms with Crippen LogP contribution in [0.15, 0.2) is 36.5 Å². The van der Waals surface area contributed by atoms with Crippen LogP contribution in [0, 0.1) is 13.8 Å². The van der Waals surface area contributed by atoms with Crippen molar-refractivity contribution in [3.05, 3.63) is 58.8 Å². The van der Waals surface area contributed by atoms with E-state index in [2.05, 4.69) is 11.9 Å². The van der Waals surface area contributed by atoms with Crippen LogP contribution in [0.4, 0.5) is 5.82 Å². The topological polar surface area (TPSA) is 59.1 Å². The van der Waals surface area contributed by atoms with Gasteiger partial charge in [0.2, 0.25) is 0 Å². The third-order valence-electron chi connectivity index (χ3n) is 3.26. The number of rotatable bonds is 3. The summed E-state index contributed by atoms with van der Waals surface area (Å²) in [6.07, 6.45) is 1.60. The molecule has 0 fully saturated rings. The molecule has 0 aliphatic heterocycles. The molecule has 0 saturated carbocycles. The van der Waals surface area contributed by atoms with Crippen molar-refractivity contribution in [1.82, 2.24) is 4.98 Å². The summed E-state index contributed by atoms with van der Waals surface area (Å²) in [4.78, 5) is 4.02. The minimum atomic E-state index is -0.546. The first kappa shape index (κ1) is 12.6. The fourth-order valence-electron chi connectivity index (χ4n) is 1.92. The zero-order chi connectivity index (χ0) is 13.1. The van der Waals surface area contributed by atoms with Crippen LogP contribution in [0.2, 0.25) is 0 Å². The van der Waals surface area contributed by atoms with E-state index in [1.807, 2.05) is 37.3 Å². The van der Waals surface area contributed by atoms with Gasteiger partial charge in [0, 0.05) is 12.6 Å². The van der Waals surface area contributed by atoms with Gasteiger partial charge in [-0.2, -0.15) is 0 Å². The molecule has 94 valence electrons. The number of nitrogens with zero attached hydrogens (tertiary/aromatic N) is 1. The molecule has 3 nitrogen and oxygen atoms in total. The number of pyridine rings is 1. The van der Waals surface area contributed by atoms with Crippen molar-refractivity contribution in [2.24, 2.45) is 0 Å². The lowest BCUT2D eigenvalue weighted by atomic mass is 9.98. The Bertz CT molecular complexity index is 552. The van der Waals surface area contributed by atoms with Gasteiger partial charge in [0.25, 0.3) is 0 Å². The maximum Gasteiger partial charge on any atom is 0.126 e. The molecule has 0 aliphatic carbocycles. The Hall–Kier alpha value is -1.87. The second-order valence-corrected chi connectivity index (χ2v) is 4.61. The number of hydrogen-bond acceptors (Lipinski definition) is 3. The van der Waals surface area contributed by atoms with Gasteiger partial charge < -0.3 is 10.8 Å². The number of nitrogens with two attached hydrogens (primary N) is 1. The molecule has 1 aromatic heterocycles. The average Bonchev–Trinajstić information content (AvgIpc) is 2.35. The molecule has 1 unspecified atom stereocenters. The molecule has 3 heteroatoms. The highest BCUT2D eigenvalue weighted by molar-refractivity contribution is 5.40. The predicted octanol–water partition coefficient (Wildman–Crippen LogP) is 2.56. The van der Waals surface area contributed by atoms with Crippen LogP contribution in [-0.2, 0) is 6.42 Å². The second-order valence-electron chi connectivity index (χ2n) is 4.61. The third-order valence-corrected chi connectivity index (χ3v) is 3.26. The van der Waals surface area contributed by atoms with E-state index in [-0.39, 0.29) is 0 Å². The van der Waals surface area contributed by atoms with Gasteiger partial charge in [0.05, 0.1) is 6.10 Å². The lowest BCUT2D eigenvalue weighted by molar-refractivity contribution is 0.178. The minimum Gasteiger partial charge on any atom is -0.388 e. The normalized spacial score (nSPS) is 12.4. The van der Waals surface area contributed by atoms with Crippen molar-refractivity contribution in [3.63, 3.8) is 0 Å². The molecule has 0 aliphatic rings. The van der Waals surface area contributed by atoms with Gasteiger partial charge in [-0.3, -0.25) is 0 Å². The van der Waals surface area contributed by atoms with Gasteiger partial charge in [0.15, 0.2) is 0 Å². The smallest absolute Gasteiger partial charge is 0.126 e. The van der Waals surface area contributed by atoms with Crippen LogP contribution >= 0.6 is 0 Å². The highest BCUT2D eigenvalue weighted by Crippen LogP contribution is 2.22. The maximum absolute atomic E-state index is 10.2. The minimum absolute atomic E-state index is 0.486. The third kappa shape index (κ3) is 2.68. The van der Waals surface area contributed by atoms with E-state index in [9.17, 15) is 5.11 Å². The molecule has 1 heterocycles. The molecular formula is C15H18N2O. The van der Waals surface area contributed by atoms with Gasteiger partial charge in [-0.1, -0.05) is 24.3 Å². The first-order valence-corrected chi connectivity index (χ1v) is 6.02. The van der Waals surface area contributed by atoms with Gasteiger partial charge in [-0.05, 0) is 42.2 Å². The fraction of sp³-hybridized carbons (Fsp3) is 0.267. The number of anilines is 1. The van der Waals surface area contributed by atoms with Crippen molar-refractivity contribution < 1.29 is 5.11 Å². The van der Waals surface area contributed by atoms with E-state index < -0.39 is 6.10 Å². The van der Waals surface area contributed by atoms with Gasteiger partial charge >= 0.3 is 0 Å². The quantitative estimate of drug-likeness (QED) is 0.869. The summed E-state index contributed by atoms with van der Waals surface area (Å²) in [5.74, 6) is 0.486. The standard InChI is InChI=1S/C15H18N2O/c1-10-5-6-12(8-11(10)2)14(18)9-13-4-3-7-17-15(13)16/h3-8,14,18H,9H2,1-2H3,(H2,16,17). The van der Waals surface area contributed by atoms with E-state index in [1.54, 1.807) is 6.20 Å². The van der Waals surface area contributed by atoms with Crippen molar-refractivity contribution in [1.29, 1.82) is 0 Å². The summed E-state index contributed by atoms with van der Waals surface area (Å²) in [6.45, 7) is 4.11. The SMILES string of the molecule is Cc1ccc(C(O)Cc2cccnc2N)cc1C.